The van der Waals surface area contributed by atoms with Gasteiger partial charge in [-0.15, -0.1) is 11.8 Å². The Bertz CT molecular complexity index is 764. The molecular formula is C20H21NO2S. The molecule has 0 aliphatic carbocycles. The molecule has 1 saturated heterocycles. The summed E-state index contributed by atoms with van der Waals surface area (Å²) in [6, 6.07) is 13.2. The zero-order valence-corrected chi connectivity index (χ0v) is 14.5. The summed E-state index contributed by atoms with van der Waals surface area (Å²) in [7, 11) is 0. The van der Waals surface area contributed by atoms with Crippen molar-refractivity contribution in [3.63, 3.8) is 0 Å². The third kappa shape index (κ3) is 4.08. The van der Waals surface area contributed by atoms with Crippen LogP contribution in [0.3, 0.4) is 0 Å². The highest BCUT2D eigenvalue weighted by Gasteiger charge is 2.18. The van der Waals surface area contributed by atoms with Crippen molar-refractivity contribution < 1.29 is 9.90 Å². The van der Waals surface area contributed by atoms with Crippen LogP contribution >= 0.6 is 11.8 Å². The predicted octanol–water partition coefficient (Wildman–Crippen LogP) is 3.80. The Morgan fingerprint density at radius 1 is 1.33 bits per heavy atom. The number of phenols is 1. The number of hydrogen-bond acceptors (Lipinski definition) is 4. The van der Waals surface area contributed by atoms with Crippen LogP contribution in [0.1, 0.15) is 27.0 Å². The zero-order valence-electron chi connectivity index (χ0n) is 13.7. The highest BCUT2D eigenvalue weighted by Crippen LogP contribution is 2.22. The van der Waals surface area contributed by atoms with Gasteiger partial charge in [-0.25, -0.2) is 0 Å². The molecule has 1 atom stereocenters. The molecule has 24 heavy (non-hydrogen) atoms. The second kappa shape index (κ2) is 7.69. The summed E-state index contributed by atoms with van der Waals surface area (Å²) in [4.78, 5) is 12.6. The summed E-state index contributed by atoms with van der Waals surface area (Å²) in [5, 5.41) is 13.4. The van der Waals surface area contributed by atoms with Crippen LogP contribution in [0.5, 0.6) is 5.75 Å². The molecule has 0 bridgehead atoms. The Balaban J connectivity index is 1.76. The van der Waals surface area contributed by atoms with Gasteiger partial charge < -0.3 is 10.4 Å². The standard InChI is InChI=1S/C20H21NO2S/c1-14-10-15(6-8-19(14)22)7-9-20(23)18-5-3-2-4-16(18)11-17-12-21-13-24-17/h2-10,17,21-22H,11-13H2,1H3. The molecule has 2 aromatic carbocycles. The SMILES string of the molecule is Cc1cc(C=CC(=O)c2ccccc2CC2CNCS2)ccc1O. The number of phenolic OH excluding ortho intramolecular Hbond substituents is 1. The van der Waals surface area contributed by atoms with Gasteiger partial charge in [0.25, 0.3) is 0 Å². The molecular weight excluding hydrogens is 318 g/mol. The van der Waals surface area contributed by atoms with Crippen molar-refractivity contribution in [2.24, 2.45) is 0 Å². The van der Waals surface area contributed by atoms with Crippen molar-refractivity contribution in [2.75, 3.05) is 12.4 Å². The van der Waals surface area contributed by atoms with Gasteiger partial charge in [0, 0.05) is 23.2 Å². The molecule has 124 valence electrons. The van der Waals surface area contributed by atoms with Crippen molar-refractivity contribution in [3.8, 4) is 5.75 Å². The molecule has 0 radical (unpaired) electrons. The minimum atomic E-state index is 0.0206. The van der Waals surface area contributed by atoms with Gasteiger partial charge in [0.05, 0.1) is 0 Å². The van der Waals surface area contributed by atoms with E-state index in [0.717, 1.165) is 41.1 Å². The van der Waals surface area contributed by atoms with Crippen LogP contribution in [0.15, 0.2) is 48.5 Å². The van der Waals surface area contributed by atoms with E-state index in [1.807, 2.05) is 49.0 Å². The number of nitrogens with one attached hydrogen (secondary N) is 1. The molecule has 0 aromatic heterocycles. The molecule has 1 aliphatic rings. The number of aryl methyl sites for hydroxylation is 1. The average molecular weight is 339 g/mol. The molecule has 3 rings (SSSR count). The van der Waals surface area contributed by atoms with Gasteiger partial charge >= 0.3 is 0 Å². The molecule has 4 heteroatoms. The first-order chi connectivity index (χ1) is 11.6. The van der Waals surface area contributed by atoms with Crippen molar-refractivity contribution in [1.82, 2.24) is 5.32 Å². The summed E-state index contributed by atoms with van der Waals surface area (Å²) in [6.07, 6.45) is 4.33. The molecule has 2 N–H and O–H groups in total. The van der Waals surface area contributed by atoms with E-state index in [1.54, 1.807) is 24.3 Å². The first kappa shape index (κ1) is 16.8. The van der Waals surface area contributed by atoms with Crippen molar-refractivity contribution >= 4 is 23.6 Å². The third-order valence-corrected chi connectivity index (χ3v) is 5.35. The molecule has 0 amide bonds. The van der Waals surface area contributed by atoms with Gasteiger partial charge in [-0.3, -0.25) is 4.79 Å². The second-order valence-corrected chi connectivity index (χ2v) is 7.28. The Morgan fingerprint density at radius 3 is 2.92 bits per heavy atom. The largest absolute Gasteiger partial charge is 0.508 e. The van der Waals surface area contributed by atoms with E-state index >= 15 is 0 Å². The molecule has 0 spiro atoms. The molecule has 1 unspecified atom stereocenters. The highest BCUT2D eigenvalue weighted by atomic mass is 32.2. The number of carbonyl (C=O) groups is 1. The summed E-state index contributed by atoms with van der Waals surface area (Å²) < 4.78 is 0. The summed E-state index contributed by atoms with van der Waals surface area (Å²) in [5.41, 5.74) is 3.59. The molecule has 1 heterocycles. The normalized spacial score (nSPS) is 17.5. The lowest BCUT2D eigenvalue weighted by atomic mass is 9.98. The maximum absolute atomic E-state index is 12.6. The quantitative estimate of drug-likeness (QED) is 0.642. The van der Waals surface area contributed by atoms with Crippen molar-refractivity contribution in [3.05, 3.63) is 70.8 Å². The third-order valence-electron chi connectivity index (χ3n) is 4.17. The number of thioether (sulfide) groups is 1. The number of ketones is 1. The van der Waals surface area contributed by atoms with Crippen LogP contribution in [0.4, 0.5) is 0 Å². The summed E-state index contributed by atoms with van der Waals surface area (Å²) in [5.74, 6) is 1.28. The number of hydrogen-bond donors (Lipinski definition) is 2. The fourth-order valence-electron chi connectivity index (χ4n) is 2.81. The molecule has 0 saturated carbocycles. The molecule has 2 aromatic rings. The van der Waals surface area contributed by atoms with Crippen LogP contribution in [0, 0.1) is 6.92 Å². The highest BCUT2D eigenvalue weighted by molar-refractivity contribution is 8.00. The van der Waals surface area contributed by atoms with Crippen LogP contribution in [0.25, 0.3) is 6.08 Å². The van der Waals surface area contributed by atoms with Gasteiger partial charge in [0.2, 0.25) is 0 Å². The van der Waals surface area contributed by atoms with Crippen molar-refractivity contribution in [2.45, 2.75) is 18.6 Å². The minimum Gasteiger partial charge on any atom is -0.508 e. The fourth-order valence-corrected chi connectivity index (χ4v) is 3.82. The smallest absolute Gasteiger partial charge is 0.186 e. The Labute approximate surface area is 146 Å². The Hall–Kier alpha value is -2.04. The number of aromatic hydroxyl groups is 1. The van der Waals surface area contributed by atoms with Crippen LogP contribution in [-0.2, 0) is 6.42 Å². The molecule has 3 nitrogen and oxygen atoms in total. The first-order valence-corrected chi connectivity index (χ1v) is 9.10. The van der Waals surface area contributed by atoms with E-state index in [4.69, 9.17) is 0 Å². The topological polar surface area (TPSA) is 49.3 Å². The number of allylic oxidation sites excluding steroid dienone is 1. The lowest BCUT2D eigenvalue weighted by Gasteiger charge is -2.11. The van der Waals surface area contributed by atoms with Gasteiger partial charge in [-0.2, -0.15) is 0 Å². The lowest BCUT2D eigenvalue weighted by Crippen LogP contribution is -2.16. The monoisotopic (exact) mass is 339 g/mol. The Morgan fingerprint density at radius 2 is 2.17 bits per heavy atom. The van der Waals surface area contributed by atoms with Gasteiger partial charge in [0.1, 0.15) is 5.75 Å². The predicted molar refractivity (Wildman–Crippen MR) is 101 cm³/mol. The van der Waals surface area contributed by atoms with Crippen LogP contribution in [-0.4, -0.2) is 28.6 Å². The van der Waals surface area contributed by atoms with E-state index in [0.29, 0.717) is 5.25 Å². The molecule has 1 aliphatic heterocycles. The van der Waals surface area contributed by atoms with E-state index < -0.39 is 0 Å². The van der Waals surface area contributed by atoms with E-state index in [9.17, 15) is 9.90 Å². The second-order valence-electron chi connectivity index (χ2n) is 5.99. The van der Waals surface area contributed by atoms with Gasteiger partial charge in [0.15, 0.2) is 5.78 Å². The van der Waals surface area contributed by atoms with Crippen LogP contribution < -0.4 is 5.32 Å². The van der Waals surface area contributed by atoms with E-state index in [2.05, 4.69) is 5.32 Å². The zero-order chi connectivity index (χ0) is 16.9. The number of benzene rings is 2. The molecule has 1 fully saturated rings. The summed E-state index contributed by atoms with van der Waals surface area (Å²) >= 11 is 1.91. The maximum atomic E-state index is 12.6. The lowest BCUT2D eigenvalue weighted by molar-refractivity contribution is 0.104. The number of carbonyl (C=O) groups excluding carboxylic acids is 1. The first-order valence-electron chi connectivity index (χ1n) is 8.06. The van der Waals surface area contributed by atoms with Gasteiger partial charge in [-0.05, 0) is 48.2 Å². The average Bonchev–Trinajstić information content (AvgIpc) is 3.09. The number of rotatable bonds is 5. The fraction of sp³-hybridized carbons (Fsp3) is 0.250. The maximum Gasteiger partial charge on any atom is 0.186 e. The van der Waals surface area contributed by atoms with Crippen molar-refractivity contribution in [1.29, 1.82) is 0 Å². The van der Waals surface area contributed by atoms with E-state index in [-0.39, 0.29) is 11.5 Å². The van der Waals surface area contributed by atoms with Crippen LogP contribution in [0.2, 0.25) is 0 Å². The van der Waals surface area contributed by atoms with Gasteiger partial charge in [-0.1, -0.05) is 36.4 Å². The summed E-state index contributed by atoms with van der Waals surface area (Å²) in [6.45, 7) is 2.84. The van der Waals surface area contributed by atoms with E-state index in [1.165, 1.54) is 0 Å². The minimum absolute atomic E-state index is 0.0206. The Kier molecular flexibility index (Phi) is 5.38.